The van der Waals surface area contributed by atoms with Gasteiger partial charge >= 0.3 is 0 Å². The molecule has 4 heteroatoms. The van der Waals surface area contributed by atoms with Crippen molar-refractivity contribution in [2.75, 3.05) is 13.1 Å². The lowest BCUT2D eigenvalue weighted by Gasteiger charge is -2.00. The lowest BCUT2D eigenvalue weighted by molar-refractivity contribution is 0.560. The summed E-state index contributed by atoms with van der Waals surface area (Å²) in [5, 5.41) is 0. The van der Waals surface area contributed by atoms with Gasteiger partial charge in [-0.05, 0) is 37.5 Å². The Labute approximate surface area is 101 Å². The van der Waals surface area contributed by atoms with Crippen molar-refractivity contribution >= 4 is 12.2 Å². The monoisotopic (exact) mass is 232 g/mol. The van der Waals surface area contributed by atoms with Gasteiger partial charge < -0.3 is 0 Å². The number of aryl methyl sites for hydroxylation is 2. The molecule has 0 bridgehead atoms. The lowest BCUT2D eigenvalue weighted by Crippen LogP contribution is -1.82. The zero-order valence-electron chi connectivity index (χ0n) is 10.4. The summed E-state index contributed by atoms with van der Waals surface area (Å²) in [5.41, 5.74) is 4.18. The summed E-state index contributed by atoms with van der Waals surface area (Å²) < 4.78 is 0. The Hall–Kier alpha value is -2.02. The van der Waals surface area contributed by atoms with Gasteiger partial charge in [0.05, 0.1) is 13.1 Å². The quantitative estimate of drug-likeness (QED) is 0.456. The molecule has 0 aliphatic rings. The van der Waals surface area contributed by atoms with Crippen LogP contribution >= 0.6 is 0 Å². The second-order valence-corrected chi connectivity index (χ2v) is 3.46. The molecule has 90 valence electrons. The van der Waals surface area contributed by atoms with Gasteiger partial charge in [0.2, 0.25) is 12.2 Å². The fraction of sp³-hybridized carbons (Fsp3) is 0.385. The third-order valence-electron chi connectivity index (χ3n) is 2.33. The number of hydrogen-bond acceptors (Lipinski definition) is 4. The summed E-state index contributed by atoms with van der Waals surface area (Å²) in [7, 11) is 0. The fourth-order valence-electron chi connectivity index (χ4n) is 1.09. The standard InChI is InChI=1S/C9H12.C4H4N2O2/c1-7-5-4-6-8(2)9(7)3;7-3-5-1-2-6-4-8/h4-6H,1-3H3;1-2H2. The van der Waals surface area contributed by atoms with E-state index >= 15 is 0 Å². The summed E-state index contributed by atoms with van der Waals surface area (Å²) in [5.74, 6) is 0. The molecule has 0 aliphatic carbocycles. The Bertz CT molecular complexity index is 404. The molecule has 1 aromatic carbocycles. The van der Waals surface area contributed by atoms with Gasteiger partial charge in [-0.25, -0.2) is 19.6 Å². The van der Waals surface area contributed by atoms with Gasteiger partial charge in [-0.1, -0.05) is 18.2 Å². The highest BCUT2D eigenvalue weighted by Gasteiger charge is 1.91. The summed E-state index contributed by atoms with van der Waals surface area (Å²) in [6.07, 6.45) is 2.62. The minimum Gasteiger partial charge on any atom is -0.211 e. The molecule has 0 N–H and O–H groups in total. The summed E-state index contributed by atoms with van der Waals surface area (Å²) in [4.78, 5) is 24.9. The predicted octanol–water partition coefficient (Wildman–Crippen LogP) is 2.27. The van der Waals surface area contributed by atoms with E-state index < -0.39 is 0 Å². The molecule has 0 heterocycles. The number of nitrogens with zero attached hydrogens (tertiary/aromatic N) is 2. The van der Waals surface area contributed by atoms with Crippen molar-refractivity contribution in [3.63, 3.8) is 0 Å². The Balaban J connectivity index is 0.000000304. The molecule has 0 atom stereocenters. The van der Waals surface area contributed by atoms with E-state index in [1.54, 1.807) is 0 Å². The predicted molar refractivity (Wildman–Crippen MR) is 66.6 cm³/mol. The van der Waals surface area contributed by atoms with Crippen molar-refractivity contribution in [1.82, 2.24) is 0 Å². The van der Waals surface area contributed by atoms with Crippen LogP contribution < -0.4 is 0 Å². The van der Waals surface area contributed by atoms with Gasteiger partial charge in [-0.15, -0.1) is 0 Å². The van der Waals surface area contributed by atoms with Gasteiger partial charge in [0.1, 0.15) is 0 Å². The van der Waals surface area contributed by atoms with E-state index in [4.69, 9.17) is 0 Å². The average Bonchev–Trinajstić information content (AvgIpc) is 2.33. The number of rotatable bonds is 3. The number of benzene rings is 1. The first-order valence-electron chi connectivity index (χ1n) is 5.23. The Morgan fingerprint density at radius 1 is 0.941 bits per heavy atom. The van der Waals surface area contributed by atoms with Crippen LogP contribution in [-0.2, 0) is 9.59 Å². The third-order valence-corrected chi connectivity index (χ3v) is 2.33. The second-order valence-electron chi connectivity index (χ2n) is 3.46. The van der Waals surface area contributed by atoms with Crippen LogP contribution in [0.2, 0.25) is 0 Å². The first-order chi connectivity index (χ1) is 8.13. The van der Waals surface area contributed by atoms with Crippen LogP contribution in [0.1, 0.15) is 16.7 Å². The van der Waals surface area contributed by atoms with Crippen molar-refractivity contribution < 1.29 is 9.59 Å². The van der Waals surface area contributed by atoms with E-state index in [-0.39, 0.29) is 13.1 Å². The lowest BCUT2D eigenvalue weighted by atomic mass is 10.1. The molecule has 0 radical (unpaired) electrons. The van der Waals surface area contributed by atoms with Crippen LogP contribution in [0.15, 0.2) is 28.2 Å². The third kappa shape index (κ3) is 6.96. The van der Waals surface area contributed by atoms with Crippen LogP contribution in [0, 0.1) is 20.8 Å². The maximum absolute atomic E-state index is 9.34. The van der Waals surface area contributed by atoms with Crippen LogP contribution in [0.4, 0.5) is 0 Å². The molecule has 17 heavy (non-hydrogen) atoms. The topological polar surface area (TPSA) is 58.9 Å². The van der Waals surface area contributed by atoms with Gasteiger partial charge in [-0.2, -0.15) is 0 Å². The summed E-state index contributed by atoms with van der Waals surface area (Å²) >= 11 is 0. The van der Waals surface area contributed by atoms with Crippen molar-refractivity contribution in [3.05, 3.63) is 34.9 Å². The highest BCUT2D eigenvalue weighted by atomic mass is 16.1. The highest BCUT2D eigenvalue weighted by molar-refractivity contribution is 5.34. The average molecular weight is 232 g/mol. The van der Waals surface area contributed by atoms with Gasteiger partial charge in [0.25, 0.3) is 0 Å². The molecule has 4 nitrogen and oxygen atoms in total. The Kier molecular flexibility index (Phi) is 8.13. The maximum atomic E-state index is 9.34. The van der Waals surface area contributed by atoms with E-state index in [1.807, 2.05) is 0 Å². The SMILES string of the molecule is Cc1cccc(C)c1C.O=C=NCCN=C=O. The Morgan fingerprint density at radius 2 is 1.35 bits per heavy atom. The largest absolute Gasteiger partial charge is 0.235 e. The molecule has 1 rings (SSSR count). The molecular formula is C13H16N2O2. The van der Waals surface area contributed by atoms with E-state index in [0.29, 0.717) is 0 Å². The Morgan fingerprint density at radius 3 is 1.65 bits per heavy atom. The number of hydrogen-bond donors (Lipinski definition) is 0. The van der Waals surface area contributed by atoms with Crippen LogP contribution in [0.25, 0.3) is 0 Å². The van der Waals surface area contributed by atoms with Gasteiger partial charge in [0.15, 0.2) is 0 Å². The molecule has 0 aromatic heterocycles. The van der Waals surface area contributed by atoms with Crippen LogP contribution in [0.3, 0.4) is 0 Å². The maximum Gasteiger partial charge on any atom is 0.235 e. The van der Waals surface area contributed by atoms with Crippen molar-refractivity contribution in [1.29, 1.82) is 0 Å². The van der Waals surface area contributed by atoms with Crippen LogP contribution in [0.5, 0.6) is 0 Å². The zero-order valence-corrected chi connectivity index (χ0v) is 10.4. The van der Waals surface area contributed by atoms with Crippen molar-refractivity contribution in [2.24, 2.45) is 9.98 Å². The van der Waals surface area contributed by atoms with Gasteiger partial charge in [0, 0.05) is 0 Å². The number of aliphatic imine (C=N–C) groups is 2. The van der Waals surface area contributed by atoms with E-state index in [2.05, 4.69) is 49.0 Å². The smallest absolute Gasteiger partial charge is 0.211 e. The van der Waals surface area contributed by atoms with E-state index in [0.717, 1.165) is 0 Å². The molecule has 0 amide bonds. The van der Waals surface area contributed by atoms with Crippen LogP contribution in [-0.4, -0.2) is 25.2 Å². The normalized spacial score (nSPS) is 8.18. The number of carbonyl (C=O) groups excluding carboxylic acids is 2. The minimum atomic E-state index is 0.221. The van der Waals surface area contributed by atoms with Gasteiger partial charge in [-0.3, -0.25) is 0 Å². The molecule has 0 aliphatic heterocycles. The zero-order chi connectivity index (χ0) is 13.1. The molecule has 0 fully saturated rings. The molecule has 1 aromatic rings. The molecule has 0 unspecified atom stereocenters. The highest BCUT2D eigenvalue weighted by Crippen LogP contribution is 2.09. The molecule has 0 saturated carbocycles. The fourth-order valence-corrected chi connectivity index (χ4v) is 1.09. The molecule has 0 saturated heterocycles. The molecule has 0 spiro atoms. The first-order valence-corrected chi connectivity index (χ1v) is 5.23. The van der Waals surface area contributed by atoms with E-state index in [9.17, 15) is 9.59 Å². The summed E-state index contributed by atoms with van der Waals surface area (Å²) in [6, 6.07) is 6.38. The first kappa shape index (κ1) is 15.0. The second kappa shape index (κ2) is 9.22. The summed E-state index contributed by atoms with van der Waals surface area (Å²) in [6.45, 7) is 6.88. The van der Waals surface area contributed by atoms with Crippen molar-refractivity contribution in [3.8, 4) is 0 Å². The van der Waals surface area contributed by atoms with E-state index in [1.165, 1.54) is 28.9 Å². The minimum absolute atomic E-state index is 0.221. The molecular weight excluding hydrogens is 216 g/mol. The van der Waals surface area contributed by atoms with Crippen molar-refractivity contribution in [2.45, 2.75) is 20.8 Å². The number of isocyanates is 2.